The van der Waals surface area contributed by atoms with Crippen molar-refractivity contribution in [1.29, 1.82) is 0 Å². The van der Waals surface area contributed by atoms with Crippen LogP contribution in [0, 0.1) is 26.7 Å². The van der Waals surface area contributed by atoms with Crippen LogP contribution in [0.15, 0.2) is 12.1 Å². The molecule has 0 spiro atoms. The fourth-order valence-electron chi connectivity index (χ4n) is 2.69. The molecular formula is C15H24O. The average molecular weight is 220 g/mol. The second kappa shape index (κ2) is 5.49. The summed E-state index contributed by atoms with van der Waals surface area (Å²) in [5.41, 5.74) is 5.29. The molecule has 1 nitrogen and oxygen atoms in total. The van der Waals surface area contributed by atoms with Crippen LogP contribution in [0.4, 0.5) is 0 Å². The van der Waals surface area contributed by atoms with Crippen LogP contribution in [0.2, 0.25) is 0 Å². The summed E-state index contributed by atoms with van der Waals surface area (Å²) in [6.07, 6.45) is 1.06. The summed E-state index contributed by atoms with van der Waals surface area (Å²) in [4.78, 5) is 0. The minimum absolute atomic E-state index is 0.253. The maximum Gasteiger partial charge on any atom is 0.0500 e. The Labute approximate surface area is 99.5 Å². The Kier molecular flexibility index (Phi) is 4.55. The molecule has 0 aliphatic carbocycles. The van der Waals surface area contributed by atoms with Gasteiger partial charge in [-0.3, -0.25) is 0 Å². The van der Waals surface area contributed by atoms with E-state index in [1.54, 1.807) is 0 Å². The van der Waals surface area contributed by atoms with Crippen LogP contribution >= 0.6 is 0 Å². The van der Waals surface area contributed by atoms with Gasteiger partial charge in [-0.2, -0.15) is 0 Å². The van der Waals surface area contributed by atoms with Crippen molar-refractivity contribution in [3.05, 3.63) is 34.4 Å². The standard InChI is InChI=1S/C15H24O/c1-10(2)6-14(9-16)15-12(4)7-11(3)8-13(15)5/h7-8,10,14,16H,6,9H2,1-5H3. The Bertz CT molecular complexity index is 329. The highest BCUT2D eigenvalue weighted by atomic mass is 16.3. The minimum atomic E-state index is 0.253. The molecule has 0 aliphatic rings. The van der Waals surface area contributed by atoms with Crippen molar-refractivity contribution >= 4 is 0 Å². The summed E-state index contributed by atoms with van der Waals surface area (Å²) in [5.74, 6) is 0.915. The third-order valence-corrected chi connectivity index (χ3v) is 3.12. The molecule has 1 N–H and O–H groups in total. The first kappa shape index (κ1) is 13.2. The maximum absolute atomic E-state index is 9.55. The summed E-state index contributed by atoms with van der Waals surface area (Å²) >= 11 is 0. The zero-order valence-electron chi connectivity index (χ0n) is 11.2. The topological polar surface area (TPSA) is 20.2 Å². The van der Waals surface area contributed by atoms with Gasteiger partial charge >= 0.3 is 0 Å². The van der Waals surface area contributed by atoms with Crippen LogP contribution in [-0.4, -0.2) is 11.7 Å². The van der Waals surface area contributed by atoms with E-state index in [9.17, 15) is 5.11 Å². The molecule has 0 heterocycles. The zero-order valence-corrected chi connectivity index (χ0v) is 11.2. The van der Waals surface area contributed by atoms with E-state index in [1.165, 1.54) is 22.3 Å². The van der Waals surface area contributed by atoms with Crippen LogP contribution < -0.4 is 0 Å². The normalized spacial score (nSPS) is 13.2. The van der Waals surface area contributed by atoms with Gasteiger partial charge in [-0.15, -0.1) is 0 Å². The number of aliphatic hydroxyl groups excluding tert-OH is 1. The molecular weight excluding hydrogens is 196 g/mol. The molecule has 1 rings (SSSR count). The lowest BCUT2D eigenvalue weighted by molar-refractivity contribution is 0.248. The molecule has 1 aromatic carbocycles. The number of aryl methyl sites for hydroxylation is 3. The van der Waals surface area contributed by atoms with Crippen molar-refractivity contribution in [2.45, 2.75) is 47.0 Å². The first-order valence-electron chi connectivity index (χ1n) is 6.14. The van der Waals surface area contributed by atoms with Gasteiger partial charge < -0.3 is 5.11 Å². The number of benzene rings is 1. The number of hydrogen-bond acceptors (Lipinski definition) is 1. The molecule has 16 heavy (non-hydrogen) atoms. The fourth-order valence-corrected chi connectivity index (χ4v) is 2.69. The minimum Gasteiger partial charge on any atom is -0.396 e. The van der Waals surface area contributed by atoms with Gasteiger partial charge in [0, 0.05) is 12.5 Å². The van der Waals surface area contributed by atoms with Gasteiger partial charge in [-0.1, -0.05) is 31.5 Å². The lowest BCUT2D eigenvalue weighted by Gasteiger charge is -2.22. The molecule has 90 valence electrons. The van der Waals surface area contributed by atoms with Gasteiger partial charge in [0.15, 0.2) is 0 Å². The van der Waals surface area contributed by atoms with E-state index in [-0.39, 0.29) is 6.61 Å². The Morgan fingerprint density at radius 1 is 1.06 bits per heavy atom. The molecule has 1 unspecified atom stereocenters. The molecule has 0 fully saturated rings. The maximum atomic E-state index is 9.55. The van der Waals surface area contributed by atoms with Gasteiger partial charge in [0.25, 0.3) is 0 Å². The van der Waals surface area contributed by atoms with Gasteiger partial charge in [-0.05, 0) is 49.8 Å². The van der Waals surface area contributed by atoms with Crippen LogP contribution in [-0.2, 0) is 0 Å². The summed E-state index contributed by atoms with van der Waals surface area (Å²) in [5, 5.41) is 9.55. The largest absolute Gasteiger partial charge is 0.396 e. The lowest BCUT2D eigenvalue weighted by Crippen LogP contribution is -2.11. The van der Waals surface area contributed by atoms with E-state index < -0.39 is 0 Å². The highest BCUT2D eigenvalue weighted by Crippen LogP contribution is 2.29. The molecule has 0 aromatic heterocycles. The van der Waals surface area contributed by atoms with Crippen LogP contribution in [0.1, 0.15) is 48.4 Å². The van der Waals surface area contributed by atoms with E-state index in [0.29, 0.717) is 11.8 Å². The van der Waals surface area contributed by atoms with Gasteiger partial charge in [0.1, 0.15) is 0 Å². The highest BCUT2D eigenvalue weighted by molar-refractivity contribution is 5.40. The Morgan fingerprint density at radius 3 is 1.94 bits per heavy atom. The van der Waals surface area contributed by atoms with Gasteiger partial charge in [0.2, 0.25) is 0 Å². The molecule has 0 saturated carbocycles. The number of aliphatic hydroxyl groups is 1. The van der Waals surface area contributed by atoms with Gasteiger partial charge in [-0.25, -0.2) is 0 Å². The predicted molar refractivity (Wildman–Crippen MR) is 69.9 cm³/mol. The molecule has 1 atom stereocenters. The third-order valence-electron chi connectivity index (χ3n) is 3.12. The molecule has 0 saturated heterocycles. The van der Waals surface area contributed by atoms with E-state index in [4.69, 9.17) is 0 Å². The van der Waals surface area contributed by atoms with E-state index in [1.807, 2.05) is 0 Å². The second-order valence-electron chi connectivity index (χ2n) is 5.32. The monoisotopic (exact) mass is 220 g/mol. The van der Waals surface area contributed by atoms with Crippen LogP contribution in [0.3, 0.4) is 0 Å². The second-order valence-corrected chi connectivity index (χ2v) is 5.32. The SMILES string of the molecule is Cc1cc(C)c(C(CO)CC(C)C)c(C)c1. The van der Waals surface area contributed by atoms with E-state index >= 15 is 0 Å². The van der Waals surface area contributed by atoms with Crippen LogP contribution in [0.5, 0.6) is 0 Å². The fraction of sp³-hybridized carbons (Fsp3) is 0.600. The summed E-state index contributed by atoms with van der Waals surface area (Å²) in [6, 6.07) is 4.43. The first-order chi connectivity index (χ1) is 7.45. The first-order valence-corrected chi connectivity index (χ1v) is 6.14. The van der Waals surface area contributed by atoms with E-state index in [0.717, 1.165) is 6.42 Å². The quantitative estimate of drug-likeness (QED) is 0.819. The van der Waals surface area contributed by atoms with Crippen molar-refractivity contribution in [1.82, 2.24) is 0 Å². The average Bonchev–Trinajstić information content (AvgIpc) is 2.13. The van der Waals surface area contributed by atoms with Crippen LogP contribution in [0.25, 0.3) is 0 Å². The van der Waals surface area contributed by atoms with Gasteiger partial charge in [0.05, 0.1) is 0 Å². The molecule has 0 amide bonds. The van der Waals surface area contributed by atoms with Crippen molar-refractivity contribution < 1.29 is 5.11 Å². The lowest BCUT2D eigenvalue weighted by atomic mass is 9.85. The predicted octanol–water partition coefficient (Wildman–Crippen LogP) is 3.73. The molecule has 0 bridgehead atoms. The molecule has 1 heteroatoms. The van der Waals surface area contributed by atoms with Crippen molar-refractivity contribution in [2.24, 2.45) is 5.92 Å². The molecule has 0 radical (unpaired) electrons. The molecule has 0 aliphatic heterocycles. The summed E-state index contributed by atoms with van der Waals surface area (Å²) in [6.45, 7) is 11.1. The van der Waals surface area contributed by atoms with Crippen molar-refractivity contribution in [3.63, 3.8) is 0 Å². The Morgan fingerprint density at radius 2 is 1.56 bits per heavy atom. The zero-order chi connectivity index (χ0) is 12.3. The van der Waals surface area contributed by atoms with E-state index in [2.05, 4.69) is 46.8 Å². The van der Waals surface area contributed by atoms with Crippen molar-refractivity contribution in [2.75, 3.05) is 6.61 Å². The number of rotatable bonds is 4. The smallest absolute Gasteiger partial charge is 0.0500 e. The molecule has 1 aromatic rings. The Hall–Kier alpha value is -0.820. The third kappa shape index (κ3) is 3.08. The summed E-state index contributed by atoms with van der Waals surface area (Å²) in [7, 11) is 0. The highest BCUT2D eigenvalue weighted by Gasteiger charge is 2.16. The Balaban J connectivity index is 3.09. The van der Waals surface area contributed by atoms with Crippen molar-refractivity contribution in [3.8, 4) is 0 Å². The summed E-state index contributed by atoms with van der Waals surface area (Å²) < 4.78 is 0. The number of hydrogen-bond donors (Lipinski definition) is 1.